The van der Waals surface area contributed by atoms with Crippen LogP contribution < -0.4 is 5.32 Å². The van der Waals surface area contributed by atoms with Crippen LogP contribution in [-0.2, 0) is 11.2 Å². The van der Waals surface area contributed by atoms with Crippen LogP contribution in [0.4, 0.5) is 0 Å². The fourth-order valence-corrected chi connectivity index (χ4v) is 2.79. The molecule has 1 heterocycles. The van der Waals surface area contributed by atoms with Crippen molar-refractivity contribution in [3.63, 3.8) is 0 Å². The lowest BCUT2D eigenvalue weighted by Crippen LogP contribution is -2.45. The summed E-state index contributed by atoms with van der Waals surface area (Å²) in [6.07, 6.45) is 3.76. The standard InChI is InChI=1S/C14H20N2O4/c1-3-10-12(8(2)20-16-10)13(17)15-11-7-5-4-6-9(11)14(18)19/h9,11H,3-7H2,1-2H3,(H,15,17)(H,18,19). The van der Waals surface area contributed by atoms with Gasteiger partial charge in [-0.2, -0.15) is 0 Å². The number of carboxylic acid groups (broad SMARTS) is 1. The smallest absolute Gasteiger partial charge is 0.308 e. The fraction of sp³-hybridized carbons (Fsp3) is 0.643. The predicted molar refractivity (Wildman–Crippen MR) is 71.5 cm³/mol. The predicted octanol–water partition coefficient (Wildman–Crippen LogP) is 1.92. The van der Waals surface area contributed by atoms with E-state index in [-0.39, 0.29) is 11.9 Å². The average Bonchev–Trinajstić information content (AvgIpc) is 2.80. The van der Waals surface area contributed by atoms with Crippen molar-refractivity contribution in [1.82, 2.24) is 10.5 Å². The molecule has 0 aliphatic heterocycles. The lowest BCUT2D eigenvalue weighted by atomic mass is 9.84. The number of rotatable bonds is 4. The van der Waals surface area contributed by atoms with Crippen molar-refractivity contribution in [3.8, 4) is 0 Å². The summed E-state index contributed by atoms with van der Waals surface area (Å²) in [7, 11) is 0. The normalized spacial score (nSPS) is 22.5. The number of amides is 1. The van der Waals surface area contributed by atoms with Gasteiger partial charge in [-0.05, 0) is 26.2 Å². The number of nitrogens with one attached hydrogen (secondary N) is 1. The van der Waals surface area contributed by atoms with Gasteiger partial charge in [-0.15, -0.1) is 0 Å². The van der Waals surface area contributed by atoms with Crippen LogP contribution >= 0.6 is 0 Å². The van der Waals surface area contributed by atoms with Crippen molar-refractivity contribution >= 4 is 11.9 Å². The average molecular weight is 280 g/mol. The maximum atomic E-state index is 12.3. The number of hydrogen-bond donors (Lipinski definition) is 2. The molecular formula is C14H20N2O4. The van der Waals surface area contributed by atoms with Crippen molar-refractivity contribution in [3.05, 3.63) is 17.0 Å². The van der Waals surface area contributed by atoms with E-state index < -0.39 is 11.9 Å². The molecule has 1 aliphatic carbocycles. The van der Waals surface area contributed by atoms with Gasteiger partial charge in [0.2, 0.25) is 0 Å². The minimum atomic E-state index is -0.840. The molecule has 0 bridgehead atoms. The van der Waals surface area contributed by atoms with Gasteiger partial charge in [-0.3, -0.25) is 9.59 Å². The Bertz CT molecular complexity index is 509. The molecule has 0 radical (unpaired) electrons. The molecule has 2 unspecified atom stereocenters. The van der Waals surface area contributed by atoms with Crippen LogP contribution in [0.5, 0.6) is 0 Å². The number of carbonyl (C=O) groups excluding carboxylic acids is 1. The van der Waals surface area contributed by atoms with Crippen LogP contribution in [0, 0.1) is 12.8 Å². The van der Waals surface area contributed by atoms with Gasteiger partial charge in [-0.1, -0.05) is 24.9 Å². The van der Waals surface area contributed by atoms with Crippen LogP contribution in [0.3, 0.4) is 0 Å². The molecule has 2 atom stereocenters. The zero-order chi connectivity index (χ0) is 14.7. The molecule has 6 heteroatoms. The van der Waals surface area contributed by atoms with Gasteiger partial charge in [0, 0.05) is 6.04 Å². The van der Waals surface area contributed by atoms with E-state index in [1.807, 2.05) is 6.92 Å². The summed E-state index contributed by atoms with van der Waals surface area (Å²) in [6, 6.07) is -0.312. The summed E-state index contributed by atoms with van der Waals surface area (Å²) in [6.45, 7) is 3.59. The molecule has 110 valence electrons. The van der Waals surface area contributed by atoms with E-state index in [1.54, 1.807) is 6.92 Å². The van der Waals surface area contributed by atoms with Gasteiger partial charge in [0.05, 0.1) is 11.6 Å². The summed E-state index contributed by atoms with van der Waals surface area (Å²) < 4.78 is 5.04. The molecule has 1 aromatic rings. The van der Waals surface area contributed by atoms with Crippen LogP contribution in [0.15, 0.2) is 4.52 Å². The van der Waals surface area contributed by atoms with Crippen molar-refractivity contribution in [2.75, 3.05) is 0 Å². The Morgan fingerprint density at radius 2 is 2.10 bits per heavy atom. The summed E-state index contributed by atoms with van der Waals surface area (Å²) in [4.78, 5) is 23.6. The Morgan fingerprint density at radius 3 is 2.75 bits per heavy atom. The minimum Gasteiger partial charge on any atom is -0.481 e. The maximum absolute atomic E-state index is 12.3. The summed E-state index contributed by atoms with van der Waals surface area (Å²) in [5.41, 5.74) is 1.06. The van der Waals surface area contributed by atoms with Gasteiger partial charge in [0.25, 0.3) is 5.91 Å². The third kappa shape index (κ3) is 2.84. The second-order valence-corrected chi connectivity index (χ2v) is 5.22. The van der Waals surface area contributed by atoms with E-state index in [1.165, 1.54) is 0 Å². The van der Waals surface area contributed by atoms with Crippen molar-refractivity contribution in [1.29, 1.82) is 0 Å². The monoisotopic (exact) mass is 280 g/mol. The van der Waals surface area contributed by atoms with E-state index in [4.69, 9.17) is 4.52 Å². The third-order valence-electron chi connectivity index (χ3n) is 3.90. The van der Waals surface area contributed by atoms with Crippen molar-refractivity contribution in [2.24, 2.45) is 5.92 Å². The molecular weight excluding hydrogens is 260 g/mol. The summed E-state index contributed by atoms with van der Waals surface area (Å²) >= 11 is 0. The molecule has 1 aromatic heterocycles. The van der Waals surface area contributed by atoms with Gasteiger partial charge in [-0.25, -0.2) is 0 Å². The molecule has 1 saturated carbocycles. The first-order valence-corrected chi connectivity index (χ1v) is 7.03. The van der Waals surface area contributed by atoms with E-state index in [2.05, 4.69) is 10.5 Å². The lowest BCUT2D eigenvalue weighted by Gasteiger charge is -2.29. The van der Waals surface area contributed by atoms with E-state index >= 15 is 0 Å². The summed E-state index contributed by atoms with van der Waals surface area (Å²) in [5.74, 6) is -1.15. The molecule has 1 amide bonds. The second-order valence-electron chi connectivity index (χ2n) is 5.22. The first kappa shape index (κ1) is 14.6. The SMILES string of the molecule is CCc1noc(C)c1C(=O)NC1CCCCC1C(=O)O. The number of hydrogen-bond acceptors (Lipinski definition) is 4. The quantitative estimate of drug-likeness (QED) is 0.879. The number of aryl methyl sites for hydroxylation is 2. The van der Waals surface area contributed by atoms with Crippen LogP contribution in [-0.4, -0.2) is 28.2 Å². The van der Waals surface area contributed by atoms with E-state index in [9.17, 15) is 14.7 Å². The Balaban J connectivity index is 2.13. The van der Waals surface area contributed by atoms with Crippen molar-refractivity contribution in [2.45, 2.75) is 52.0 Å². The highest BCUT2D eigenvalue weighted by Crippen LogP contribution is 2.25. The molecule has 2 rings (SSSR count). The summed E-state index contributed by atoms with van der Waals surface area (Å²) in [5, 5.41) is 15.9. The molecule has 0 spiro atoms. The van der Waals surface area contributed by atoms with Gasteiger partial charge in [0.15, 0.2) is 0 Å². The van der Waals surface area contributed by atoms with Gasteiger partial charge in [0.1, 0.15) is 11.3 Å². The molecule has 2 N–H and O–H groups in total. The number of carbonyl (C=O) groups is 2. The Kier molecular flexibility index (Phi) is 4.42. The van der Waals surface area contributed by atoms with Crippen molar-refractivity contribution < 1.29 is 19.2 Å². The third-order valence-corrected chi connectivity index (χ3v) is 3.90. The number of nitrogens with zero attached hydrogens (tertiary/aromatic N) is 1. The number of aliphatic carboxylic acids is 1. The van der Waals surface area contributed by atoms with E-state index in [0.29, 0.717) is 36.3 Å². The zero-order valence-electron chi connectivity index (χ0n) is 11.8. The largest absolute Gasteiger partial charge is 0.481 e. The second kappa shape index (κ2) is 6.07. The lowest BCUT2D eigenvalue weighted by molar-refractivity contribution is -0.143. The number of aromatic nitrogens is 1. The van der Waals surface area contributed by atoms with E-state index in [0.717, 1.165) is 12.8 Å². The molecule has 1 aliphatic rings. The van der Waals surface area contributed by atoms with Gasteiger partial charge < -0.3 is 14.9 Å². The highest BCUT2D eigenvalue weighted by atomic mass is 16.5. The molecule has 20 heavy (non-hydrogen) atoms. The van der Waals surface area contributed by atoms with Crippen LogP contribution in [0.2, 0.25) is 0 Å². The van der Waals surface area contributed by atoms with Crippen LogP contribution in [0.1, 0.15) is 54.4 Å². The minimum absolute atomic E-state index is 0.279. The highest BCUT2D eigenvalue weighted by molar-refractivity contribution is 5.96. The highest BCUT2D eigenvalue weighted by Gasteiger charge is 2.33. The first-order valence-electron chi connectivity index (χ1n) is 7.03. The fourth-order valence-electron chi connectivity index (χ4n) is 2.79. The Labute approximate surface area is 117 Å². The van der Waals surface area contributed by atoms with Crippen LogP contribution in [0.25, 0.3) is 0 Å². The molecule has 6 nitrogen and oxygen atoms in total. The Hall–Kier alpha value is -1.85. The molecule has 0 saturated heterocycles. The first-order chi connectivity index (χ1) is 9.54. The Morgan fingerprint density at radius 1 is 1.40 bits per heavy atom. The molecule has 1 fully saturated rings. The zero-order valence-corrected chi connectivity index (χ0v) is 11.8. The topological polar surface area (TPSA) is 92.4 Å². The number of carboxylic acids is 1. The van der Waals surface area contributed by atoms with Gasteiger partial charge >= 0.3 is 5.97 Å². The maximum Gasteiger partial charge on any atom is 0.308 e. The molecule has 0 aromatic carbocycles.